The molecular weight excluding hydrogens is 302 g/mol. The van der Waals surface area contributed by atoms with Gasteiger partial charge in [0.1, 0.15) is 12.3 Å². The van der Waals surface area contributed by atoms with Crippen molar-refractivity contribution in [3.63, 3.8) is 0 Å². The summed E-state index contributed by atoms with van der Waals surface area (Å²) in [6.07, 6.45) is 1.40. The van der Waals surface area contributed by atoms with E-state index in [1.54, 1.807) is 24.3 Å². The van der Waals surface area contributed by atoms with E-state index >= 15 is 0 Å². The number of nitrogens with one attached hydrogen (secondary N) is 2. The van der Waals surface area contributed by atoms with Gasteiger partial charge in [0.2, 0.25) is 0 Å². The molecule has 0 saturated heterocycles. The highest BCUT2D eigenvalue weighted by Crippen LogP contribution is 2.21. The van der Waals surface area contributed by atoms with Crippen LogP contribution < -0.4 is 15.6 Å². The highest BCUT2D eigenvalue weighted by Gasteiger charge is 2.15. The van der Waals surface area contributed by atoms with Crippen molar-refractivity contribution in [2.75, 3.05) is 20.8 Å². The topological polar surface area (TPSA) is 110 Å². The zero-order valence-electron chi connectivity index (χ0n) is 12.6. The Morgan fingerprint density at radius 2 is 2.09 bits per heavy atom. The van der Waals surface area contributed by atoms with E-state index in [1.807, 2.05) is 0 Å². The molecule has 0 saturated carbocycles. The summed E-state index contributed by atoms with van der Waals surface area (Å²) in [5.74, 6) is -0.771. The van der Waals surface area contributed by atoms with Crippen molar-refractivity contribution in [1.29, 1.82) is 0 Å². The predicted molar refractivity (Wildman–Crippen MR) is 81.2 cm³/mol. The molecule has 2 rings (SSSR count). The molecule has 8 heteroatoms. The zero-order chi connectivity index (χ0) is 16.8. The lowest BCUT2D eigenvalue weighted by Gasteiger charge is -2.06. The Kier molecular flexibility index (Phi) is 5.08. The Morgan fingerprint density at radius 1 is 1.30 bits per heavy atom. The minimum Gasteiger partial charge on any atom is -0.497 e. The van der Waals surface area contributed by atoms with Crippen molar-refractivity contribution in [2.24, 2.45) is 0 Å². The normalized spacial score (nSPS) is 10.0. The number of hydrogen-bond donors (Lipinski definition) is 2. The zero-order valence-corrected chi connectivity index (χ0v) is 12.6. The summed E-state index contributed by atoms with van der Waals surface area (Å²) in [4.78, 5) is 41.3. The van der Waals surface area contributed by atoms with Crippen LogP contribution in [0.5, 0.6) is 5.75 Å². The number of aromatic nitrogens is 2. The highest BCUT2D eigenvalue weighted by atomic mass is 16.5. The molecule has 1 aromatic heterocycles. The third-order valence-corrected chi connectivity index (χ3v) is 2.99. The Bertz CT molecular complexity index is 785. The maximum atomic E-state index is 12.0. The van der Waals surface area contributed by atoms with E-state index in [0.717, 1.165) is 0 Å². The molecule has 0 radical (unpaired) electrons. The van der Waals surface area contributed by atoms with E-state index in [-0.39, 0.29) is 12.2 Å². The molecule has 1 amide bonds. The maximum Gasteiger partial charge on any atom is 0.325 e. The minimum atomic E-state index is -0.763. The second kappa shape index (κ2) is 7.21. The van der Waals surface area contributed by atoms with Gasteiger partial charge in [0.25, 0.3) is 11.5 Å². The van der Waals surface area contributed by atoms with E-state index in [4.69, 9.17) is 4.74 Å². The number of H-pyrrole nitrogens is 1. The Hall–Kier alpha value is -3.16. The average molecular weight is 317 g/mol. The number of hydrogen-bond acceptors (Lipinski definition) is 6. The molecule has 0 fully saturated rings. The van der Waals surface area contributed by atoms with Crippen molar-refractivity contribution in [3.05, 3.63) is 46.5 Å². The van der Waals surface area contributed by atoms with Gasteiger partial charge in [0, 0.05) is 11.8 Å². The molecule has 1 aromatic carbocycles. The van der Waals surface area contributed by atoms with Gasteiger partial charge in [-0.25, -0.2) is 4.98 Å². The van der Waals surface area contributed by atoms with Crippen LogP contribution in [0.25, 0.3) is 11.3 Å². The van der Waals surface area contributed by atoms with Gasteiger partial charge in [-0.2, -0.15) is 0 Å². The van der Waals surface area contributed by atoms with Gasteiger partial charge in [0.05, 0.1) is 19.9 Å². The standard InChI is InChI=1S/C15H15N3O5/c1-22-10-5-3-4-9(6-10)11-7-16-14(20)13(18-11)15(21)17-8-12(19)23-2/h3-7H,8H2,1-2H3,(H,16,20)(H,17,21). The van der Waals surface area contributed by atoms with Crippen molar-refractivity contribution in [3.8, 4) is 17.0 Å². The van der Waals surface area contributed by atoms with Crippen molar-refractivity contribution in [2.45, 2.75) is 0 Å². The Balaban J connectivity index is 2.29. The van der Waals surface area contributed by atoms with E-state index in [1.165, 1.54) is 20.4 Å². The van der Waals surface area contributed by atoms with Gasteiger partial charge in [-0.15, -0.1) is 0 Å². The summed E-state index contributed by atoms with van der Waals surface area (Å²) in [6, 6.07) is 7.01. The molecule has 0 unspecified atom stereocenters. The number of aromatic amines is 1. The van der Waals surface area contributed by atoms with Crippen LogP contribution in [0.4, 0.5) is 0 Å². The van der Waals surface area contributed by atoms with Crippen LogP contribution in [0.3, 0.4) is 0 Å². The summed E-state index contributed by atoms with van der Waals surface area (Å²) in [6.45, 7) is -0.347. The van der Waals surface area contributed by atoms with E-state index in [2.05, 4.69) is 20.0 Å². The summed E-state index contributed by atoms with van der Waals surface area (Å²) in [5, 5.41) is 2.27. The van der Waals surface area contributed by atoms with Gasteiger partial charge in [0.15, 0.2) is 5.69 Å². The smallest absolute Gasteiger partial charge is 0.325 e. The first kappa shape index (κ1) is 16.2. The summed E-state index contributed by atoms with van der Waals surface area (Å²) >= 11 is 0. The third kappa shape index (κ3) is 3.94. The molecule has 0 spiro atoms. The fourth-order valence-corrected chi connectivity index (χ4v) is 1.80. The molecular formula is C15H15N3O5. The van der Waals surface area contributed by atoms with E-state index in [0.29, 0.717) is 17.0 Å². The molecule has 0 atom stereocenters. The third-order valence-electron chi connectivity index (χ3n) is 2.99. The van der Waals surface area contributed by atoms with E-state index in [9.17, 15) is 14.4 Å². The fraction of sp³-hybridized carbons (Fsp3) is 0.200. The van der Waals surface area contributed by atoms with Crippen molar-refractivity contribution in [1.82, 2.24) is 15.3 Å². The molecule has 2 aromatic rings. The maximum absolute atomic E-state index is 12.0. The largest absolute Gasteiger partial charge is 0.497 e. The van der Waals surface area contributed by atoms with Crippen LogP contribution in [0.2, 0.25) is 0 Å². The number of benzene rings is 1. The van der Waals surface area contributed by atoms with Gasteiger partial charge in [-0.05, 0) is 12.1 Å². The molecule has 0 bridgehead atoms. The molecule has 8 nitrogen and oxygen atoms in total. The van der Waals surface area contributed by atoms with Crippen LogP contribution in [0.15, 0.2) is 35.3 Å². The summed E-state index contributed by atoms with van der Waals surface area (Å²) in [7, 11) is 2.73. The Labute approximate surface area is 131 Å². The fourth-order valence-electron chi connectivity index (χ4n) is 1.80. The van der Waals surface area contributed by atoms with Gasteiger partial charge < -0.3 is 19.8 Å². The van der Waals surface area contributed by atoms with Crippen LogP contribution in [0, 0.1) is 0 Å². The number of esters is 1. The summed E-state index contributed by atoms with van der Waals surface area (Å²) in [5.41, 5.74) is 0.0718. The van der Waals surface area contributed by atoms with Gasteiger partial charge >= 0.3 is 5.97 Å². The number of nitrogens with zero attached hydrogens (tertiary/aromatic N) is 1. The van der Waals surface area contributed by atoms with Gasteiger partial charge in [-0.3, -0.25) is 14.4 Å². The number of amides is 1. The first-order valence-electron chi connectivity index (χ1n) is 6.64. The second-order valence-electron chi connectivity index (χ2n) is 4.45. The van der Waals surface area contributed by atoms with Crippen LogP contribution >= 0.6 is 0 Å². The number of ether oxygens (including phenoxy) is 2. The quantitative estimate of drug-likeness (QED) is 0.770. The molecule has 2 N–H and O–H groups in total. The van der Waals surface area contributed by atoms with Gasteiger partial charge in [-0.1, -0.05) is 12.1 Å². The molecule has 0 aliphatic rings. The molecule has 1 heterocycles. The minimum absolute atomic E-state index is 0.339. The molecule has 0 aliphatic carbocycles. The second-order valence-corrected chi connectivity index (χ2v) is 4.45. The first-order valence-corrected chi connectivity index (χ1v) is 6.64. The number of methoxy groups -OCH3 is 2. The summed E-state index contributed by atoms with van der Waals surface area (Å²) < 4.78 is 9.54. The van der Waals surface area contributed by atoms with Crippen LogP contribution in [0.1, 0.15) is 10.5 Å². The Morgan fingerprint density at radius 3 is 2.78 bits per heavy atom. The average Bonchev–Trinajstić information content (AvgIpc) is 2.59. The predicted octanol–water partition coefficient (Wildman–Crippen LogP) is 0.348. The van der Waals surface area contributed by atoms with E-state index < -0.39 is 17.4 Å². The highest BCUT2D eigenvalue weighted by molar-refractivity contribution is 5.94. The lowest BCUT2D eigenvalue weighted by molar-refractivity contribution is -0.139. The monoisotopic (exact) mass is 317 g/mol. The SMILES string of the molecule is COC(=O)CNC(=O)c1nc(-c2cccc(OC)c2)c[nH]c1=O. The number of carbonyl (C=O) groups is 2. The lowest BCUT2D eigenvalue weighted by Crippen LogP contribution is -2.34. The van der Waals surface area contributed by atoms with Crippen molar-refractivity contribution >= 4 is 11.9 Å². The van der Waals surface area contributed by atoms with Crippen LogP contribution in [-0.2, 0) is 9.53 Å². The number of rotatable bonds is 5. The van der Waals surface area contributed by atoms with Crippen molar-refractivity contribution < 1.29 is 19.1 Å². The van der Waals surface area contributed by atoms with Crippen LogP contribution in [-0.4, -0.2) is 42.6 Å². The molecule has 23 heavy (non-hydrogen) atoms. The molecule has 120 valence electrons. The molecule has 0 aliphatic heterocycles. The lowest BCUT2D eigenvalue weighted by atomic mass is 10.1. The number of carbonyl (C=O) groups excluding carboxylic acids is 2. The first-order chi connectivity index (χ1) is 11.0.